The minimum atomic E-state index is -0.344. The molecule has 0 atom stereocenters. The van der Waals surface area contributed by atoms with Crippen molar-refractivity contribution in [2.75, 3.05) is 5.32 Å². The van der Waals surface area contributed by atoms with Crippen LogP contribution in [0.25, 0.3) is 43.4 Å². The van der Waals surface area contributed by atoms with Gasteiger partial charge in [0, 0.05) is 16.8 Å². The van der Waals surface area contributed by atoms with Crippen LogP contribution in [0.2, 0.25) is 0 Å². The van der Waals surface area contributed by atoms with Crippen molar-refractivity contribution >= 4 is 43.7 Å². The summed E-state index contributed by atoms with van der Waals surface area (Å²) in [6.07, 6.45) is 0. The van der Waals surface area contributed by atoms with Gasteiger partial charge in [-0.15, -0.1) is 0 Å². The fraction of sp³-hybridized carbons (Fsp3) is 0.0769. The van der Waals surface area contributed by atoms with E-state index in [2.05, 4.69) is 213 Å². The average molecular weight is 678 g/mol. The van der Waals surface area contributed by atoms with Crippen molar-refractivity contribution < 1.29 is 0 Å². The van der Waals surface area contributed by atoms with Gasteiger partial charge >= 0.3 is 0 Å². The number of rotatable bonds is 2. The first kappa shape index (κ1) is 31.3. The molecule has 0 radical (unpaired) electrons. The lowest BCUT2D eigenvalue weighted by Crippen LogP contribution is -2.40. The predicted molar refractivity (Wildman–Crippen MR) is 225 cm³/mol. The summed E-state index contributed by atoms with van der Waals surface area (Å²) in [6, 6.07) is 70.5. The minimum absolute atomic E-state index is 0.0734. The number of anilines is 2. The number of fused-ring (bicyclic) bond motifs is 15. The van der Waals surface area contributed by atoms with E-state index in [0.29, 0.717) is 0 Å². The Morgan fingerprint density at radius 1 is 0.302 bits per heavy atom. The highest BCUT2D eigenvalue weighted by molar-refractivity contribution is 6.25. The van der Waals surface area contributed by atoms with Crippen molar-refractivity contribution in [3.8, 4) is 11.1 Å². The Morgan fingerprint density at radius 2 is 0.679 bits per heavy atom. The molecule has 9 aromatic carbocycles. The number of para-hydroxylation sites is 1. The molecular weight excluding hydrogens is 639 g/mol. The van der Waals surface area contributed by atoms with Crippen LogP contribution < -0.4 is 5.32 Å². The second-order valence-electron chi connectivity index (χ2n) is 14.9. The summed E-state index contributed by atoms with van der Waals surface area (Å²) in [5, 5.41) is 11.7. The van der Waals surface area contributed by atoms with E-state index in [0.717, 1.165) is 11.4 Å². The normalized spacial score (nSPS) is 14.2. The first-order valence-electron chi connectivity index (χ1n) is 18.6. The Labute approximate surface area is 311 Å². The molecule has 0 fully saturated rings. The summed E-state index contributed by atoms with van der Waals surface area (Å²) >= 11 is 0. The van der Waals surface area contributed by atoms with Crippen molar-refractivity contribution in [1.82, 2.24) is 0 Å². The Hall–Kier alpha value is -6.44. The van der Waals surface area contributed by atoms with E-state index in [1.165, 1.54) is 76.8 Å². The number of hydrogen-bond acceptors (Lipinski definition) is 1. The summed E-state index contributed by atoms with van der Waals surface area (Å²) in [4.78, 5) is 0. The second-order valence-corrected chi connectivity index (χ2v) is 14.9. The molecule has 0 saturated heterocycles. The fourth-order valence-corrected chi connectivity index (χ4v) is 9.48. The Kier molecular flexibility index (Phi) is 7.13. The van der Waals surface area contributed by atoms with Crippen LogP contribution in [0.1, 0.15) is 47.2 Å². The van der Waals surface area contributed by atoms with Gasteiger partial charge in [-0.1, -0.05) is 184 Å². The van der Waals surface area contributed by atoms with Crippen LogP contribution in [-0.4, -0.2) is 0 Å². The fourth-order valence-electron chi connectivity index (χ4n) is 9.48. The summed E-state index contributed by atoms with van der Waals surface area (Å²) < 4.78 is 0. The van der Waals surface area contributed by atoms with Crippen LogP contribution in [0.5, 0.6) is 0 Å². The SMILES string of the molecule is CC1(C)c2ccccc2C2(c3ccccc3-c3ccc(Nc4ccccc4)cc32)c2ccccc21.c1ccc2c(c1)c1ccccc1c1ccccc21. The molecule has 0 aliphatic heterocycles. The van der Waals surface area contributed by atoms with Crippen LogP contribution in [0.3, 0.4) is 0 Å². The molecule has 0 saturated carbocycles. The minimum Gasteiger partial charge on any atom is -0.356 e. The summed E-state index contributed by atoms with van der Waals surface area (Å²) in [5.41, 5.74) is 12.8. The molecule has 0 amide bonds. The van der Waals surface area contributed by atoms with Gasteiger partial charge < -0.3 is 5.32 Å². The van der Waals surface area contributed by atoms with Gasteiger partial charge in [0.15, 0.2) is 0 Å². The molecule has 0 unspecified atom stereocenters. The number of benzene rings is 9. The monoisotopic (exact) mass is 677 g/mol. The van der Waals surface area contributed by atoms with Crippen molar-refractivity contribution in [3.05, 3.63) is 228 Å². The largest absolute Gasteiger partial charge is 0.356 e. The highest BCUT2D eigenvalue weighted by atomic mass is 14.9. The molecule has 0 bridgehead atoms. The summed E-state index contributed by atoms with van der Waals surface area (Å²) in [6.45, 7) is 4.74. The van der Waals surface area contributed by atoms with E-state index in [9.17, 15) is 0 Å². The van der Waals surface area contributed by atoms with Crippen molar-refractivity contribution in [1.29, 1.82) is 0 Å². The molecular formula is C52H39N. The van der Waals surface area contributed by atoms with Gasteiger partial charge in [0.2, 0.25) is 0 Å². The van der Waals surface area contributed by atoms with Gasteiger partial charge in [-0.3, -0.25) is 0 Å². The highest BCUT2D eigenvalue weighted by Gasteiger charge is 2.53. The molecule has 11 rings (SSSR count). The third-order valence-electron chi connectivity index (χ3n) is 11.8. The van der Waals surface area contributed by atoms with Crippen molar-refractivity contribution in [3.63, 3.8) is 0 Å². The van der Waals surface area contributed by atoms with Gasteiger partial charge in [-0.2, -0.15) is 0 Å². The van der Waals surface area contributed by atoms with Crippen LogP contribution in [0, 0.1) is 0 Å². The first-order valence-corrected chi connectivity index (χ1v) is 18.6. The highest BCUT2D eigenvalue weighted by Crippen LogP contribution is 2.62. The van der Waals surface area contributed by atoms with E-state index >= 15 is 0 Å². The van der Waals surface area contributed by atoms with E-state index in [4.69, 9.17) is 0 Å². The zero-order chi connectivity index (χ0) is 35.6. The molecule has 0 heterocycles. The standard InChI is InChI=1S/C34H27N.C18H12/c1-33(2)28-16-8-10-18-30(28)34(31-19-11-9-17-29(31)33)27-15-7-6-14-25(27)26-21-20-24(22-32(26)34)35-23-12-4-3-5-13-23;1-2-8-14-13(7-1)15-9-3-4-11-17(15)18-12-6-5-10-16(14)18/h3-22,35H,1-2H3;1-12H. The predicted octanol–water partition coefficient (Wildman–Crippen LogP) is 13.6. The second kappa shape index (κ2) is 12.1. The molecule has 1 nitrogen and oxygen atoms in total. The Morgan fingerprint density at radius 3 is 1.17 bits per heavy atom. The maximum Gasteiger partial charge on any atom is 0.0720 e. The quantitative estimate of drug-likeness (QED) is 0.180. The third kappa shape index (κ3) is 4.64. The van der Waals surface area contributed by atoms with Crippen LogP contribution in [0.15, 0.2) is 194 Å². The smallest absolute Gasteiger partial charge is 0.0720 e. The van der Waals surface area contributed by atoms with E-state index in [-0.39, 0.29) is 10.8 Å². The van der Waals surface area contributed by atoms with E-state index in [1.54, 1.807) is 0 Å². The first-order chi connectivity index (χ1) is 26.1. The Bertz CT molecular complexity index is 2570. The molecule has 1 N–H and O–H groups in total. The van der Waals surface area contributed by atoms with Gasteiger partial charge in [-0.05, 0) is 101 Å². The molecule has 1 spiro atoms. The summed E-state index contributed by atoms with van der Waals surface area (Å²) in [5.74, 6) is 0. The molecule has 9 aromatic rings. The lowest BCUT2D eigenvalue weighted by molar-refractivity contribution is 0.563. The van der Waals surface area contributed by atoms with Crippen LogP contribution in [0.4, 0.5) is 11.4 Å². The van der Waals surface area contributed by atoms with E-state index in [1.807, 2.05) is 0 Å². The van der Waals surface area contributed by atoms with Crippen molar-refractivity contribution in [2.24, 2.45) is 0 Å². The molecule has 2 aliphatic rings. The maximum absolute atomic E-state index is 3.65. The molecule has 1 heteroatoms. The van der Waals surface area contributed by atoms with Gasteiger partial charge in [0.1, 0.15) is 0 Å². The number of nitrogens with one attached hydrogen (secondary N) is 1. The molecule has 53 heavy (non-hydrogen) atoms. The lowest BCUT2D eigenvalue weighted by atomic mass is 9.55. The van der Waals surface area contributed by atoms with Crippen LogP contribution >= 0.6 is 0 Å². The van der Waals surface area contributed by atoms with Gasteiger partial charge in [-0.25, -0.2) is 0 Å². The van der Waals surface area contributed by atoms with Gasteiger partial charge in [0.25, 0.3) is 0 Å². The number of hydrogen-bond donors (Lipinski definition) is 1. The van der Waals surface area contributed by atoms with Gasteiger partial charge in [0.05, 0.1) is 5.41 Å². The lowest BCUT2D eigenvalue weighted by Gasteiger charge is -2.46. The molecule has 0 aromatic heterocycles. The zero-order valence-corrected chi connectivity index (χ0v) is 30.0. The Balaban J connectivity index is 0.000000162. The molecule has 2 aliphatic carbocycles. The average Bonchev–Trinajstić information content (AvgIpc) is 3.51. The topological polar surface area (TPSA) is 12.0 Å². The van der Waals surface area contributed by atoms with E-state index < -0.39 is 0 Å². The zero-order valence-electron chi connectivity index (χ0n) is 30.0. The molecule has 252 valence electrons. The third-order valence-corrected chi connectivity index (χ3v) is 11.8. The van der Waals surface area contributed by atoms with Crippen LogP contribution in [-0.2, 0) is 10.8 Å². The van der Waals surface area contributed by atoms with Crippen molar-refractivity contribution in [2.45, 2.75) is 24.7 Å². The summed E-state index contributed by atoms with van der Waals surface area (Å²) in [7, 11) is 0. The maximum atomic E-state index is 3.65.